The van der Waals surface area contributed by atoms with Crippen molar-refractivity contribution in [1.82, 2.24) is 0 Å². The van der Waals surface area contributed by atoms with Crippen LogP contribution in [-0.2, 0) is 38.1 Å². The van der Waals surface area contributed by atoms with Gasteiger partial charge in [0.15, 0.2) is 0 Å². The second kappa shape index (κ2) is 20.0. The third-order valence-corrected chi connectivity index (χ3v) is 5.73. The zero-order chi connectivity index (χ0) is 27.3. The van der Waals surface area contributed by atoms with Gasteiger partial charge in [-0.3, -0.25) is 14.4 Å². The number of hydrogen-bond donors (Lipinski definition) is 0. The van der Waals surface area contributed by atoms with Gasteiger partial charge >= 0.3 is 23.9 Å². The first-order valence-electron chi connectivity index (χ1n) is 13.3. The Bertz CT molecular complexity index is 834. The Morgan fingerprint density at radius 3 is 2.08 bits per heavy atom. The fraction of sp³-hybridized carbons (Fsp3) is 0.586. The second-order valence-electron chi connectivity index (χ2n) is 8.87. The van der Waals surface area contributed by atoms with Crippen LogP contribution in [0, 0.1) is 11.8 Å². The summed E-state index contributed by atoms with van der Waals surface area (Å²) in [5, 5.41) is 0. The van der Waals surface area contributed by atoms with Crippen molar-refractivity contribution in [1.29, 1.82) is 0 Å². The maximum atomic E-state index is 12.4. The van der Waals surface area contributed by atoms with Gasteiger partial charge in [-0.1, -0.05) is 76.8 Å². The number of rotatable bonds is 19. The highest BCUT2D eigenvalue weighted by Crippen LogP contribution is 2.18. The van der Waals surface area contributed by atoms with Crippen LogP contribution in [-0.4, -0.2) is 50.3 Å². The van der Waals surface area contributed by atoms with Gasteiger partial charge in [-0.2, -0.15) is 0 Å². The quantitative estimate of drug-likeness (QED) is 0.105. The third-order valence-electron chi connectivity index (χ3n) is 5.73. The van der Waals surface area contributed by atoms with Crippen molar-refractivity contribution >= 4 is 30.0 Å². The molecule has 0 aromatic heterocycles. The van der Waals surface area contributed by atoms with Crippen LogP contribution in [0.2, 0.25) is 0 Å². The maximum Gasteiger partial charge on any atom is 0.330 e. The molecule has 8 heteroatoms. The molecule has 2 atom stereocenters. The minimum atomic E-state index is -0.527. The fourth-order valence-electron chi connectivity index (χ4n) is 3.52. The van der Waals surface area contributed by atoms with Crippen LogP contribution in [0.25, 0.3) is 6.08 Å². The molecule has 0 fully saturated rings. The predicted molar refractivity (Wildman–Crippen MR) is 140 cm³/mol. The lowest BCUT2D eigenvalue weighted by Gasteiger charge is -2.18. The molecule has 0 saturated carbocycles. The zero-order valence-corrected chi connectivity index (χ0v) is 22.4. The van der Waals surface area contributed by atoms with Gasteiger partial charge in [0.25, 0.3) is 0 Å². The van der Waals surface area contributed by atoms with E-state index in [2.05, 4.69) is 6.92 Å². The van der Waals surface area contributed by atoms with Crippen molar-refractivity contribution in [2.75, 3.05) is 26.4 Å². The predicted octanol–water partition coefficient (Wildman–Crippen LogP) is 5.29. The van der Waals surface area contributed by atoms with Crippen LogP contribution in [0.3, 0.4) is 0 Å². The van der Waals surface area contributed by atoms with Gasteiger partial charge in [0.1, 0.15) is 26.4 Å². The first kappa shape index (κ1) is 31.9. The van der Waals surface area contributed by atoms with Crippen LogP contribution in [0.4, 0.5) is 0 Å². The number of carbonyl (C=O) groups excluding carboxylic acids is 4. The van der Waals surface area contributed by atoms with Gasteiger partial charge in [0, 0.05) is 12.5 Å². The molecule has 0 aliphatic heterocycles. The summed E-state index contributed by atoms with van der Waals surface area (Å²) in [6, 6.07) is 9.33. The summed E-state index contributed by atoms with van der Waals surface area (Å²) >= 11 is 0. The smallest absolute Gasteiger partial charge is 0.330 e. The molecule has 8 nitrogen and oxygen atoms in total. The Labute approximate surface area is 220 Å². The highest BCUT2D eigenvalue weighted by atomic mass is 16.6. The fourth-order valence-corrected chi connectivity index (χ4v) is 3.52. The van der Waals surface area contributed by atoms with Crippen molar-refractivity contribution in [3.8, 4) is 0 Å². The summed E-state index contributed by atoms with van der Waals surface area (Å²) in [5.41, 5.74) is 0.874. The van der Waals surface area contributed by atoms with Gasteiger partial charge in [-0.05, 0) is 30.9 Å². The van der Waals surface area contributed by atoms with E-state index in [1.54, 1.807) is 13.0 Å². The van der Waals surface area contributed by atoms with Crippen molar-refractivity contribution in [2.24, 2.45) is 11.8 Å². The van der Waals surface area contributed by atoms with Gasteiger partial charge in [-0.25, -0.2) is 4.79 Å². The van der Waals surface area contributed by atoms with E-state index in [1.807, 2.05) is 37.3 Å². The number of unbranched alkanes of at least 4 members (excludes halogenated alkanes) is 4. The lowest BCUT2D eigenvalue weighted by molar-refractivity contribution is -0.157. The number of esters is 4. The van der Waals surface area contributed by atoms with Gasteiger partial charge in [-0.15, -0.1) is 0 Å². The minimum Gasteiger partial charge on any atom is -0.462 e. The van der Waals surface area contributed by atoms with Gasteiger partial charge < -0.3 is 18.9 Å². The highest BCUT2D eigenvalue weighted by Gasteiger charge is 2.25. The van der Waals surface area contributed by atoms with Crippen molar-refractivity contribution < 1.29 is 38.1 Å². The summed E-state index contributed by atoms with van der Waals surface area (Å²) in [5.74, 6) is -2.73. The molecule has 0 amide bonds. The summed E-state index contributed by atoms with van der Waals surface area (Å²) in [6.07, 6.45) is 9.34. The first-order valence-corrected chi connectivity index (χ1v) is 13.3. The van der Waals surface area contributed by atoms with Crippen molar-refractivity contribution in [3.05, 3.63) is 42.0 Å². The largest absolute Gasteiger partial charge is 0.462 e. The topological polar surface area (TPSA) is 105 Å². The van der Waals surface area contributed by atoms with E-state index < -0.39 is 29.7 Å². The summed E-state index contributed by atoms with van der Waals surface area (Å²) in [7, 11) is 0. The molecule has 2 unspecified atom stereocenters. The Hall–Kier alpha value is -3.16. The maximum absolute atomic E-state index is 12.4. The average molecular weight is 519 g/mol. The van der Waals surface area contributed by atoms with E-state index >= 15 is 0 Å². The standard InChI is InChI=1S/C29H42O8/c1-4-6-7-8-12-15-26(30)34-18-20-36-28(32)23(3)22-25(5-2)29(33)37-21-19-35-27(31)17-16-24-13-10-9-11-14-24/h9-11,13-14,16-17,23,25H,4-8,12,15,18-22H2,1-3H3. The summed E-state index contributed by atoms with van der Waals surface area (Å²) in [6.45, 7) is 5.53. The molecular weight excluding hydrogens is 476 g/mol. The van der Waals surface area contributed by atoms with Crippen LogP contribution in [0.5, 0.6) is 0 Å². The van der Waals surface area contributed by atoms with Crippen LogP contribution in [0.15, 0.2) is 36.4 Å². The van der Waals surface area contributed by atoms with E-state index in [4.69, 9.17) is 18.9 Å². The Balaban J connectivity index is 2.21. The van der Waals surface area contributed by atoms with Crippen molar-refractivity contribution in [2.45, 2.75) is 72.1 Å². The third kappa shape index (κ3) is 15.5. The molecule has 0 bridgehead atoms. The molecule has 0 N–H and O–H groups in total. The Kier molecular flexibility index (Phi) is 17.2. The van der Waals surface area contributed by atoms with Gasteiger partial charge in [0.2, 0.25) is 0 Å². The normalized spacial score (nSPS) is 12.5. The molecule has 1 rings (SSSR count). The molecule has 0 spiro atoms. The molecule has 0 saturated heterocycles. The molecular formula is C29H42O8. The molecule has 0 aliphatic carbocycles. The highest BCUT2D eigenvalue weighted by molar-refractivity contribution is 5.87. The number of hydrogen-bond acceptors (Lipinski definition) is 8. The van der Waals surface area contributed by atoms with E-state index in [-0.39, 0.29) is 38.8 Å². The van der Waals surface area contributed by atoms with Crippen LogP contribution in [0.1, 0.15) is 77.7 Å². The molecule has 0 heterocycles. The zero-order valence-electron chi connectivity index (χ0n) is 22.4. The minimum absolute atomic E-state index is 0.0178. The van der Waals surface area contributed by atoms with Crippen LogP contribution < -0.4 is 0 Å². The first-order chi connectivity index (χ1) is 17.9. The lowest BCUT2D eigenvalue weighted by atomic mass is 9.94. The second-order valence-corrected chi connectivity index (χ2v) is 8.87. The molecule has 0 aliphatic rings. The van der Waals surface area contributed by atoms with E-state index in [0.717, 1.165) is 31.2 Å². The molecule has 0 radical (unpaired) electrons. The molecule has 1 aromatic rings. The summed E-state index contributed by atoms with van der Waals surface area (Å²) in [4.78, 5) is 48.1. The van der Waals surface area contributed by atoms with Gasteiger partial charge in [0.05, 0.1) is 11.8 Å². The summed E-state index contributed by atoms with van der Waals surface area (Å²) < 4.78 is 20.5. The number of carbonyl (C=O) groups is 4. The molecule has 1 aromatic carbocycles. The monoisotopic (exact) mass is 518 g/mol. The van der Waals surface area contributed by atoms with E-state index in [0.29, 0.717) is 12.8 Å². The molecule has 206 valence electrons. The number of ether oxygens (including phenoxy) is 4. The SMILES string of the molecule is CCCCCCCC(=O)OCCOC(=O)C(C)CC(CC)C(=O)OCCOC(=O)C=Cc1ccccc1. The van der Waals surface area contributed by atoms with E-state index in [1.165, 1.54) is 12.5 Å². The Morgan fingerprint density at radius 2 is 1.41 bits per heavy atom. The molecule has 37 heavy (non-hydrogen) atoms. The van der Waals surface area contributed by atoms with Crippen molar-refractivity contribution in [3.63, 3.8) is 0 Å². The average Bonchev–Trinajstić information content (AvgIpc) is 2.90. The Morgan fingerprint density at radius 1 is 0.784 bits per heavy atom. The number of benzene rings is 1. The van der Waals surface area contributed by atoms with Crippen LogP contribution >= 0.6 is 0 Å². The lowest BCUT2D eigenvalue weighted by Crippen LogP contribution is -2.26. The van der Waals surface area contributed by atoms with E-state index in [9.17, 15) is 19.2 Å².